The minimum atomic E-state index is -4.61. The van der Waals surface area contributed by atoms with Gasteiger partial charge in [0, 0.05) is 12.3 Å². The van der Waals surface area contributed by atoms with Crippen molar-refractivity contribution >= 4 is 11.0 Å². The molecule has 0 aliphatic rings. The molecule has 5 nitrogen and oxygen atoms in total. The molecular formula is C21H13F3N2O3. The molecule has 29 heavy (non-hydrogen) atoms. The fourth-order valence-electron chi connectivity index (χ4n) is 2.94. The van der Waals surface area contributed by atoms with E-state index in [9.17, 15) is 18.0 Å². The standard InChI is InChI=1S/C21H13F3N2O3/c1-12-18(13-5-3-2-4-6-13)19(27)15-8-7-14(11-16(15)28-12)29-20-25-10-9-17(26-20)21(22,23)24/h2-11H,1H3. The van der Waals surface area contributed by atoms with Crippen molar-refractivity contribution in [1.29, 1.82) is 0 Å². The normalized spacial score (nSPS) is 11.6. The molecule has 0 atom stereocenters. The second kappa shape index (κ2) is 7.05. The third kappa shape index (κ3) is 3.69. The molecule has 0 N–H and O–H groups in total. The van der Waals surface area contributed by atoms with Gasteiger partial charge in [0.1, 0.15) is 17.1 Å². The van der Waals surface area contributed by atoms with Crippen molar-refractivity contribution in [1.82, 2.24) is 9.97 Å². The Morgan fingerprint density at radius 1 is 1.03 bits per heavy atom. The average Bonchev–Trinajstić information content (AvgIpc) is 2.68. The minimum absolute atomic E-state index is 0.145. The predicted octanol–water partition coefficient (Wildman–Crippen LogP) is 5.37. The topological polar surface area (TPSA) is 65.2 Å². The van der Waals surface area contributed by atoms with Crippen molar-refractivity contribution in [2.24, 2.45) is 0 Å². The van der Waals surface area contributed by atoms with Gasteiger partial charge in [0.2, 0.25) is 5.43 Å². The average molecular weight is 398 g/mol. The number of alkyl halides is 3. The van der Waals surface area contributed by atoms with E-state index in [1.54, 1.807) is 6.92 Å². The van der Waals surface area contributed by atoms with Crippen LogP contribution in [0.5, 0.6) is 11.8 Å². The first-order valence-electron chi connectivity index (χ1n) is 8.54. The number of hydrogen-bond acceptors (Lipinski definition) is 5. The summed E-state index contributed by atoms with van der Waals surface area (Å²) in [6, 6.07) is 13.8. The van der Waals surface area contributed by atoms with Crippen molar-refractivity contribution in [3.63, 3.8) is 0 Å². The third-order valence-electron chi connectivity index (χ3n) is 4.24. The Morgan fingerprint density at radius 3 is 2.52 bits per heavy atom. The van der Waals surface area contributed by atoms with Gasteiger partial charge in [-0.2, -0.15) is 18.2 Å². The molecule has 0 unspecified atom stereocenters. The molecule has 2 heterocycles. The number of fused-ring (bicyclic) bond motifs is 1. The van der Waals surface area contributed by atoms with Crippen LogP contribution in [-0.2, 0) is 6.18 Å². The Bertz CT molecular complexity index is 1250. The lowest BCUT2D eigenvalue weighted by Crippen LogP contribution is -2.09. The SMILES string of the molecule is Cc1oc2cc(Oc3nccc(C(F)(F)F)n3)ccc2c(=O)c1-c1ccccc1. The Balaban J connectivity index is 1.74. The fraction of sp³-hybridized carbons (Fsp3) is 0.0952. The maximum Gasteiger partial charge on any atom is 0.433 e. The molecule has 146 valence electrons. The summed E-state index contributed by atoms with van der Waals surface area (Å²) < 4.78 is 49.5. The summed E-state index contributed by atoms with van der Waals surface area (Å²) in [6.07, 6.45) is -3.65. The number of hydrogen-bond donors (Lipinski definition) is 0. The first kappa shape index (κ1) is 18.7. The molecule has 0 aliphatic carbocycles. The molecule has 0 spiro atoms. The highest BCUT2D eigenvalue weighted by Crippen LogP contribution is 2.30. The molecule has 4 aromatic rings. The fourth-order valence-corrected chi connectivity index (χ4v) is 2.94. The van der Waals surface area contributed by atoms with Crippen LogP contribution in [-0.4, -0.2) is 9.97 Å². The number of halogens is 3. The van der Waals surface area contributed by atoms with Crippen LogP contribution in [0.25, 0.3) is 22.1 Å². The van der Waals surface area contributed by atoms with E-state index in [1.165, 1.54) is 18.2 Å². The smallest absolute Gasteiger partial charge is 0.433 e. The highest BCUT2D eigenvalue weighted by Gasteiger charge is 2.33. The Hall–Kier alpha value is -3.68. The van der Waals surface area contributed by atoms with Gasteiger partial charge in [0.25, 0.3) is 0 Å². The van der Waals surface area contributed by atoms with Crippen LogP contribution in [0, 0.1) is 6.92 Å². The number of aryl methyl sites for hydroxylation is 1. The molecule has 0 saturated heterocycles. The van der Waals surface area contributed by atoms with Crippen molar-refractivity contribution in [3.8, 4) is 22.9 Å². The van der Waals surface area contributed by atoms with Crippen LogP contribution < -0.4 is 10.2 Å². The predicted molar refractivity (Wildman–Crippen MR) is 99.8 cm³/mol. The molecular weight excluding hydrogens is 385 g/mol. The Labute approximate surface area is 162 Å². The maximum absolute atomic E-state index is 12.9. The Morgan fingerprint density at radius 2 is 1.79 bits per heavy atom. The number of ether oxygens (including phenoxy) is 1. The van der Waals surface area contributed by atoms with E-state index in [1.807, 2.05) is 30.3 Å². The van der Waals surface area contributed by atoms with Gasteiger partial charge in [-0.1, -0.05) is 30.3 Å². The first-order valence-corrected chi connectivity index (χ1v) is 8.54. The van der Waals surface area contributed by atoms with Crippen molar-refractivity contribution in [2.75, 3.05) is 0 Å². The summed E-state index contributed by atoms with van der Waals surface area (Å²) in [5.74, 6) is 0.563. The van der Waals surface area contributed by atoms with Gasteiger partial charge in [-0.25, -0.2) is 4.98 Å². The van der Waals surface area contributed by atoms with Gasteiger partial charge in [0.15, 0.2) is 5.69 Å². The van der Waals surface area contributed by atoms with Crippen LogP contribution in [0.1, 0.15) is 11.5 Å². The van der Waals surface area contributed by atoms with E-state index >= 15 is 0 Å². The van der Waals surface area contributed by atoms with E-state index in [0.717, 1.165) is 17.8 Å². The van der Waals surface area contributed by atoms with E-state index < -0.39 is 17.9 Å². The zero-order valence-electron chi connectivity index (χ0n) is 15.0. The summed E-state index contributed by atoms with van der Waals surface area (Å²) in [5, 5.41) is 0.326. The molecule has 0 radical (unpaired) electrons. The number of nitrogens with zero attached hydrogens (tertiary/aromatic N) is 2. The van der Waals surface area contributed by atoms with E-state index in [2.05, 4.69) is 9.97 Å². The summed E-state index contributed by atoms with van der Waals surface area (Å²) >= 11 is 0. The molecule has 2 aromatic carbocycles. The zero-order valence-corrected chi connectivity index (χ0v) is 15.0. The number of rotatable bonds is 3. The van der Waals surface area contributed by atoms with Gasteiger partial charge in [0.05, 0.1) is 10.9 Å². The summed E-state index contributed by atoms with van der Waals surface area (Å²) in [4.78, 5) is 20.0. The molecule has 0 saturated carbocycles. The van der Waals surface area contributed by atoms with E-state index in [0.29, 0.717) is 16.7 Å². The highest BCUT2D eigenvalue weighted by atomic mass is 19.4. The molecule has 0 aliphatic heterocycles. The van der Waals surface area contributed by atoms with Gasteiger partial charge in [-0.15, -0.1) is 0 Å². The molecule has 0 amide bonds. The maximum atomic E-state index is 12.9. The molecule has 0 fully saturated rings. The van der Waals surface area contributed by atoms with Gasteiger partial charge >= 0.3 is 12.2 Å². The Kier molecular flexibility index (Phi) is 4.54. The quantitative estimate of drug-likeness (QED) is 0.464. The number of benzene rings is 2. The minimum Gasteiger partial charge on any atom is -0.460 e. The van der Waals surface area contributed by atoms with Gasteiger partial charge in [-0.3, -0.25) is 4.79 Å². The van der Waals surface area contributed by atoms with Crippen LogP contribution in [0.3, 0.4) is 0 Å². The van der Waals surface area contributed by atoms with Crippen LogP contribution in [0.4, 0.5) is 13.2 Å². The largest absolute Gasteiger partial charge is 0.460 e. The second-order valence-corrected chi connectivity index (χ2v) is 6.21. The molecule has 4 rings (SSSR count). The second-order valence-electron chi connectivity index (χ2n) is 6.21. The van der Waals surface area contributed by atoms with Crippen LogP contribution in [0.2, 0.25) is 0 Å². The van der Waals surface area contributed by atoms with Crippen molar-refractivity contribution < 1.29 is 22.3 Å². The van der Waals surface area contributed by atoms with E-state index in [-0.39, 0.29) is 16.8 Å². The molecule has 0 bridgehead atoms. The lowest BCUT2D eigenvalue weighted by molar-refractivity contribution is -0.141. The summed E-state index contributed by atoms with van der Waals surface area (Å²) in [5.41, 5.74) is 0.109. The summed E-state index contributed by atoms with van der Waals surface area (Å²) in [7, 11) is 0. The molecule has 2 aromatic heterocycles. The van der Waals surface area contributed by atoms with Crippen LogP contribution >= 0.6 is 0 Å². The summed E-state index contributed by atoms with van der Waals surface area (Å²) in [6.45, 7) is 1.67. The highest BCUT2D eigenvalue weighted by molar-refractivity contribution is 5.83. The van der Waals surface area contributed by atoms with Crippen molar-refractivity contribution in [3.05, 3.63) is 82.5 Å². The lowest BCUT2D eigenvalue weighted by Gasteiger charge is -2.10. The van der Waals surface area contributed by atoms with Gasteiger partial charge in [-0.05, 0) is 30.7 Å². The van der Waals surface area contributed by atoms with Crippen molar-refractivity contribution in [2.45, 2.75) is 13.1 Å². The van der Waals surface area contributed by atoms with Crippen LogP contribution in [0.15, 0.2) is 70.0 Å². The lowest BCUT2D eigenvalue weighted by atomic mass is 10.0. The first-order chi connectivity index (χ1) is 13.8. The molecule has 8 heteroatoms. The zero-order chi connectivity index (χ0) is 20.6. The monoisotopic (exact) mass is 398 g/mol. The van der Waals surface area contributed by atoms with E-state index in [4.69, 9.17) is 9.15 Å². The number of aromatic nitrogens is 2. The van der Waals surface area contributed by atoms with Gasteiger partial charge < -0.3 is 9.15 Å². The third-order valence-corrected chi connectivity index (χ3v) is 4.24.